The number of hydrogen-bond acceptors (Lipinski definition) is 3. The van der Waals surface area contributed by atoms with Crippen LogP contribution in [0.1, 0.15) is 50.1 Å². The zero-order valence-electron chi connectivity index (χ0n) is 16.3. The molecular formula is C22H31N3O2. The number of fused-ring (bicyclic) bond motifs is 1. The molecule has 3 aliphatic heterocycles. The second-order valence-corrected chi connectivity index (χ2v) is 8.42. The summed E-state index contributed by atoms with van der Waals surface area (Å²) in [6.45, 7) is 3.18. The summed E-state index contributed by atoms with van der Waals surface area (Å²) in [5.41, 5.74) is 1.04. The van der Waals surface area contributed by atoms with E-state index < -0.39 is 0 Å². The van der Waals surface area contributed by atoms with Gasteiger partial charge in [-0.1, -0.05) is 36.8 Å². The molecular weight excluding hydrogens is 338 g/mol. The van der Waals surface area contributed by atoms with Gasteiger partial charge in [-0.05, 0) is 50.3 Å². The molecule has 3 aliphatic rings. The van der Waals surface area contributed by atoms with E-state index in [9.17, 15) is 9.59 Å². The number of benzene rings is 1. The average molecular weight is 370 g/mol. The first kappa shape index (κ1) is 18.5. The van der Waals surface area contributed by atoms with Gasteiger partial charge in [-0.25, -0.2) is 0 Å². The fourth-order valence-corrected chi connectivity index (χ4v) is 5.39. The van der Waals surface area contributed by atoms with E-state index in [4.69, 9.17) is 0 Å². The van der Waals surface area contributed by atoms with Crippen molar-refractivity contribution < 1.29 is 9.59 Å². The Bertz CT molecular complexity index is 675. The predicted octanol–water partition coefficient (Wildman–Crippen LogP) is 2.59. The highest BCUT2D eigenvalue weighted by Gasteiger charge is 2.43. The number of likely N-dealkylation sites (tertiary alicyclic amines) is 1. The standard InChI is InChI=1S/C22H31N3O2/c1-24-20(26)14-18(21(24)16-8-3-2-4-9-16)22(27)23-15-17-10-7-13-25-12-6-5-11-19(17)25/h2-4,8-9,17-19,21H,5-7,10-15H2,1H3,(H,23,27). The fourth-order valence-electron chi connectivity index (χ4n) is 5.39. The largest absolute Gasteiger partial charge is 0.355 e. The van der Waals surface area contributed by atoms with Crippen molar-refractivity contribution in [2.24, 2.45) is 11.8 Å². The molecule has 4 unspecified atom stereocenters. The number of carbonyl (C=O) groups is 2. The molecule has 5 nitrogen and oxygen atoms in total. The van der Waals surface area contributed by atoms with E-state index in [0.717, 1.165) is 12.1 Å². The van der Waals surface area contributed by atoms with Crippen LogP contribution in [0, 0.1) is 11.8 Å². The van der Waals surface area contributed by atoms with Gasteiger partial charge in [0, 0.05) is 26.1 Å². The summed E-state index contributed by atoms with van der Waals surface area (Å²) in [6, 6.07) is 10.4. The van der Waals surface area contributed by atoms with Crippen LogP contribution in [0.25, 0.3) is 0 Å². The zero-order chi connectivity index (χ0) is 18.8. The molecule has 1 N–H and O–H groups in total. The number of nitrogens with zero attached hydrogens (tertiary/aromatic N) is 2. The highest BCUT2D eigenvalue weighted by atomic mass is 16.2. The van der Waals surface area contributed by atoms with Crippen molar-refractivity contribution in [3.05, 3.63) is 35.9 Å². The molecule has 27 heavy (non-hydrogen) atoms. The third-order valence-corrected chi connectivity index (χ3v) is 6.83. The number of piperidine rings is 2. The Morgan fingerprint density at radius 3 is 2.70 bits per heavy atom. The van der Waals surface area contributed by atoms with Crippen molar-refractivity contribution in [2.45, 2.75) is 50.6 Å². The Kier molecular flexibility index (Phi) is 5.48. The molecule has 0 aromatic heterocycles. The molecule has 0 saturated carbocycles. The maximum atomic E-state index is 13.0. The van der Waals surface area contributed by atoms with Gasteiger partial charge in [0.2, 0.25) is 11.8 Å². The van der Waals surface area contributed by atoms with Crippen LogP contribution in [0.5, 0.6) is 0 Å². The lowest BCUT2D eigenvalue weighted by Gasteiger charge is -2.44. The van der Waals surface area contributed by atoms with E-state index in [2.05, 4.69) is 10.2 Å². The summed E-state index contributed by atoms with van der Waals surface area (Å²) in [4.78, 5) is 29.7. The number of carbonyl (C=O) groups excluding carboxylic acids is 2. The van der Waals surface area contributed by atoms with Crippen LogP contribution in [0.2, 0.25) is 0 Å². The van der Waals surface area contributed by atoms with E-state index in [1.807, 2.05) is 37.4 Å². The SMILES string of the molecule is CN1C(=O)CC(C(=O)NCC2CCCN3CCCCC23)C1c1ccccc1. The Morgan fingerprint density at radius 1 is 1.11 bits per heavy atom. The third kappa shape index (κ3) is 3.75. The Hall–Kier alpha value is -1.88. The number of nitrogens with one attached hydrogen (secondary N) is 1. The van der Waals surface area contributed by atoms with Crippen LogP contribution in [-0.2, 0) is 9.59 Å². The second-order valence-electron chi connectivity index (χ2n) is 8.42. The first-order valence-electron chi connectivity index (χ1n) is 10.5. The molecule has 2 amide bonds. The lowest BCUT2D eigenvalue weighted by molar-refractivity contribution is -0.128. The Morgan fingerprint density at radius 2 is 1.89 bits per heavy atom. The molecule has 0 aliphatic carbocycles. The third-order valence-electron chi connectivity index (χ3n) is 6.83. The summed E-state index contributed by atoms with van der Waals surface area (Å²) >= 11 is 0. The van der Waals surface area contributed by atoms with E-state index >= 15 is 0 Å². The molecule has 1 aromatic carbocycles. The van der Waals surface area contributed by atoms with Gasteiger partial charge >= 0.3 is 0 Å². The van der Waals surface area contributed by atoms with Crippen molar-refractivity contribution in [2.75, 3.05) is 26.7 Å². The lowest BCUT2D eigenvalue weighted by Crippen LogP contribution is -2.51. The molecule has 4 atom stereocenters. The van der Waals surface area contributed by atoms with Crippen LogP contribution < -0.4 is 5.32 Å². The quantitative estimate of drug-likeness (QED) is 0.888. The van der Waals surface area contributed by atoms with Gasteiger partial charge in [-0.3, -0.25) is 9.59 Å². The van der Waals surface area contributed by atoms with Gasteiger partial charge in [0.05, 0.1) is 12.0 Å². The van der Waals surface area contributed by atoms with Gasteiger partial charge in [-0.15, -0.1) is 0 Å². The minimum Gasteiger partial charge on any atom is -0.355 e. The zero-order valence-corrected chi connectivity index (χ0v) is 16.3. The summed E-state index contributed by atoms with van der Waals surface area (Å²) in [7, 11) is 1.81. The molecule has 5 heteroatoms. The number of amides is 2. The van der Waals surface area contributed by atoms with Gasteiger partial charge in [0.1, 0.15) is 0 Å². The monoisotopic (exact) mass is 369 g/mol. The fraction of sp³-hybridized carbons (Fsp3) is 0.636. The Labute approximate surface area is 162 Å². The Balaban J connectivity index is 1.42. The van der Waals surface area contributed by atoms with Crippen LogP contribution in [0.15, 0.2) is 30.3 Å². The number of rotatable bonds is 4. The normalized spacial score (nSPS) is 31.6. The highest BCUT2D eigenvalue weighted by molar-refractivity contribution is 5.90. The molecule has 3 fully saturated rings. The van der Waals surface area contributed by atoms with Crippen molar-refractivity contribution >= 4 is 11.8 Å². The van der Waals surface area contributed by atoms with Crippen molar-refractivity contribution in [3.63, 3.8) is 0 Å². The summed E-state index contributed by atoms with van der Waals surface area (Å²) < 4.78 is 0. The molecule has 0 bridgehead atoms. The van der Waals surface area contributed by atoms with Crippen molar-refractivity contribution in [3.8, 4) is 0 Å². The summed E-state index contributed by atoms with van der Waals surface area (Å²) in [5.74, 6) is 0.346. The van der Waals surface area contributed by atoms with Gasteiger partial charge in [0.25, 0.3) is 0 Å². The van der Waals surface area contributed by atoms with Crippen LogP contribution in [-0.4, -0.2) is 54.3 Å². The minimum atomic E-state index is -0.295. The topological polar surface area (TPSA) is 52.7 Å². The average Bonchev–Trinajstić information content (AvgIpc) is 3.01. The minimum absolute atomic E-state index is 0.0366. The van der Waals surface area contributed by atoms with Crippen LogP contribution >= 0.6 is 0 Å². The molecule has 3 heterocycles. The van der Waals surface area contributed by atoms with E-state index in [1.165, 1.54) is 45.2 Å². The smallest absolute Gasteiger partial charge is 0.226 e. The van der Waals surface area contributed by atoms with Crippen LogP contribution in [0.3, 0.4) is 0 Å². The molecule has 0 spiro atoms. The highest BCUT2D eigenvalue weighted by Crippen LogP contribution is 2.37. The maximum absolute atomic E-state index is 13.0. The van der Waals surface area contributed by atoms with Crippen LogP contribution in [0.4, 0.5) is 0 Å². The van der Waals surface area contributed by atoms with E-state index in [1.54, 1.807) is 4.90 Å². The first-order chi connectivity index (χ1) is 13.1. The molecule has 4 rings (SSSR count). The molecule has 3 saturated heterocycles. The number of hydrogen-bond donors (Lipinski definition) is 1. The maximum Gasteiger partial charge on any atom is 0.226 e. The summed E-state index contributed by atoms with van der Waals surface area (Å²) in [5, 5.41) is 3.22. The second kappa shape index (κ2) is 8.01. The molecule has 0 radical (unpaired) electrons. The first-order valence-corrected chi connectivity index (χ1v) is 10.5. The van der Waals surface area contributed by atoms with Crippen molar-refractivity contribution in [1.82, 2.24) is 15.1 Å². The van der Waals surface area contributed by atoms with Gasteiger partial charge < -0.3 is 15.1 Å². The van der Waals surface area contributed by atoms with E-state index in [-0.39, 0.29) is 23.8 Å². The van der Waals surface area contributed by atoms with Gasteiger partial charge in [-0.2, -0.15) is 0 Å². The summed E-state index contributed by atoms with van der Waals surface area (Å²) in [6.07, 6.45) is 6.62. The lowest BCUT2D eigenvalue weighted by atomic mass is 9.83. The van der Waals surface area contributed by atoms with Crippen molar-refractivity contribution in [1.29, 1.82) is 0 Å². The predicted molar refractivity (Wildman–Crippen MR) is 105 cm³/mol. The van der Waals surface area contributed by atoms with Gasteiger partial charge in [0.15, 0.2) is 0 Å². The molecule has 1 aromatic rings. The van der Waals surface area contributed by atoms with E-state index in [0.29, 0.717) is 18.4 Å². The molecule has 146 valence electrons.